The Labute approximate surface area is 105 Å². The van der Waals surface area contributed by atoms with E-state index in [0.29, 0.717) is 11.8 Å². The Balaban J connectivity index is 2.01. The van der Waals surface area contributed by atoms with E-state index in [9.17, 15) is 4.79 Å². The van der Waals surface area contributed by atoms with E-state index in [4.69, 9.17) is 5.73 Å². The van der Waals surface area contributed by atoms with E-state index in [1.165, 1.54) is 32.1 Å². The van der Waals surface area contributed by atoms with Gasteiger partial charge in [-0.1, -0.05) is 26.2 Å². The smallest absolute Gasteiger partial charge is 0.227 e. The number of nitrogens with zero attached hydrogens (tertiary/aromatic N) is 1. The molecular weight excluding hydrogens is 212 g/mol. The van der Waals surface area contributed by atoms with E-state index in [0.717, 1.165) is 25.9 Å². The van der Waals surface area contributed by atoms with Crippen LogP contribution >= 0.6 is 0 Å². The number of hydrogen-bond acceptors (Lipinski definition) is 2. The molecule has 3 unspecified atom stereocenters. The Hall–Kier alpha value is -0.570. The highest BCUT2D eigenvalue weighted by molar-refractivity contribution is 5.80. The van der Waals surface area contributed by atoms with Gasteiger partial charge in [-0.3, -0.25) is 4.79 Å². The molecule has 2 rings (SSSR count). The van der Waals surface area contributed by atoms with Crippen molar-refractivity contribution < 1.29 is 4.79 Å². The lowest BCUT2D eigenvalue weighted by Gasteiger charge is -2.36. The van der Waals surface area contributed by atoms with Crippen molar-refractivity contribution in [1.82, 2.24) is 4.90 Å². The number of rotatable bonds is 1. The van der Waals surface area contributed by atoms with Crippen LogP contribution in [0.1, 0.15) is 51.9 Å². The van der Waals surface area contributed by atoms with Gasteiger partial charge in [0.1, 0.15) is 0 Å². The molecule has 0 aromatic heterocycles. The molecule has 0 spiro atoms. The highest BCUT2D eigenvalue weighted by Crippen LogP contribution is 2.31. The third-order valence-corrected chi connectivity index (χ3v) is 4.47. The zero-order valence-electron chi connectivity index (χ0n) is 11.0. The average Bonchev–Trinajstić information content (AvgIpc) is 2.57. The quantitative estimate of drug-likeness (QED) is 0.761. The highest BCUT2D eigenvalue weighted by atomic mass is 16.2. The molecule has 1 saturated heterocycles. The molecule has 3 heteroatoms. The average molecular weight is 238 g/mol. The van der Waals surface area contributed by atoms with Gasteiger partial charge in [-0.05, 0) is 31.6 Å². The second kappa shape index (κ2) is 5.85. The first-order valence-electron chi connectivity index (χ1n) is 7.24. The second-order valence-electron chi connectivity index (χ2n) is 5.84. The van der Waals surface area contributed by atoms with Gasteiger partial charge in [-0.25, -0.2) is 0 Å². The summed E-state index contributed by atoms with van der Waals surface area (Å²) in [7, 11) is 0. The number of likely N-dealkylation sites (tertiary alicyclic amines) is 1. The molecule has 98 valence electrons. The lowest BCUT2D eigenvalue weighted by atomic mass is 9.76. The minimum atomic E-state index is 0.0850. The number of amides is 1. The molecule has 3 nitrogen and oxygen atoms in total. The monoisotopic (exact) mass is 238 g/mol. The molecule has 17 heavy (non-hydrogen) atoms. The fraction of sp³-hybridized carbons (Fsp3) is 0.929. The van der Waals surface area contributed by atoms with E-state index < -0.39 is 0 Å². The maximum Gasteiger partial charge on any atom is 0.227 e. The number of hydrogen-bond donors (Lipinski definition) is 1. The fourth-order valence-corrected chi connectivity index (χ4v) is 3.39. The van der Waals surface area contributed by atoms with E-state index in [-0.39, 0.29) is 12.0 Å². The summed E-state index contributed by atoms with van der Waals surface area (Å²) in [4.78, 5) is 14.7. The molecule has 0 radical (unpaired) electrons. The van der Waals surface area contributed by atoms with Gasteiger partial charge < -0.3 is 10.6 Å². The first-order valence-corrected chi connectivity index (χ1v) is 7.24. The molecule has 2 aliphatic rings. The van der Waals surface area contributed by atoms with E-state index >= 15 is 0 Å². The molecular formula is C14H26N2O. The third kappa shape index (κ3) is 3.01. The van der Waals surface area contributed by atoms with Gasteiger partial charge in [0.15, 0.2) is 0 Å². The van der Waals surface area contributed by atoms with Gasteiger partial charge in [0.2, 0.25) is 5.91 Å². The van der Waals surface area contributed by atoms with Crippen molar-refractivity contribution in [1.29, 1.82) is 0 Å². The SMILES string of the molecule is CC1CCCC(N)C1C(=O)N1CCCCCC1. The third-order valence-electron chi connectivity index (χ3n) is 4.47. The van der Waals surface area contributed by atoms with Gasteiger partial charge in [0.25, 0.3) is 0 Å². The molecule has 0 aromatic carbocycles. The Bertz CT molecular complexity index is 249. The van der Waals surface area contributed by atoms with Crippen LogP contribution in [-0.2, 0) is 4.79 Å². The van der Waals surface area contributed by atoms with Crippen LogP contribution < -0.4 is 5.73 Å². The number of carbonyl (C=O) groups is 1. The Kier molecular flexibility index (Phi) is 4.43. The summed E-state index contributed by atoms with van der Waals surface area (Å²) in [6, 6.07) is 0.0921. The van der Waals surface area contributed by atoms with Crippen LogP contribution in [0, 0.1) is 11.8 Å². The maximum atomic E-state index is 12.6. The predicted octanol–water partition coefficient (Wildman–Crippen LogP) is 2.15. The number of carbonyl (C=O) groups excluding carboxylic acids is 1. The molecule has 1 amide bonds. The standard InChI is InChI=1S/C14H26N2O/c1-11-7-6-8-12(15)13(11)14(17)16-9-4-2-3-5-10-16/h11-13H,2-10,15H2,1H3. The van der Waals surface area contributed by atoms with Crippen LogP contribution in [0.25, 0.3) is 0 Å². The summed E-state index contributed by atoms with van der Waals surface area (Å²) >= 11 is 0. The predicted molar refractivity (Wildman–Crippen MR) is 69.5 cm³/mol. The fourth-order valence-electron chi connectivity index (χ4n) is 3.39. The van der Waals surface area contributed by atoms with Crippen molar-refractivity contribution in [2.24, 2.45) is 17.6 Å². The van der Waals surface area contributed by atoms with E-state index in [1.807, 2.05) is 0 Å². The minimum absolute atomic E-state index is 0.0850. The van der Waals surface area contributed by atoms with Crippen LogP contribution in [0.3, 0.4) is 0 Å². The molecule has 2 fully saturated rings. The van der Waals surface area contributed by atoms with Crippen LogP contribution in [-0.4, -0.2) is 29.9 Å². The summed E-state index contributed by atoms with van der Waals surface area (Å²) in [6.07, 6.45) is 8.26. The zero-order valence-corrected chi connectivity index (χ0v) is 11.0. The molecule has 0 bridgehead atoms. The van der Waals surface area contributed by atoms with Crippen molar-refractivity contribution in [3.8, 4) is 0 Å². The van der Waals surface area contributed by atoms with Crippen molar-refractivity contribution in [2.75, 3.05) is 13.1 Å². The Morgan fingerprint density at radius 1 is 1.06 bits per heavy atom. The zero-order chi connectivity index (χ0) is 12.3. The molecule has 1 aliphatic carbocycles. The first-order chi connectivity index (χ1) is 8.20. The van der Waals surface area contributed by atoms with E-state index in [1.54, 1.807) is 0 Å². The van der Waals surface area contributed by atoms with E-state index in [2.05, 4.69) is 11.8 Å². The van der Waals surface area contributed by atoms with Gasteiger partial charge in [-0.2, -0.15) is 0 Å². The van der Waals surface area contributed by atoms with Gasteiger partial charge in [0.05, 0.1) is 5.92 Å². The van der Waals surface area contributed by atoms with Crippen LogP contribution in [0.4, 0.5) is 0 Å². The normalized spacial score (nSPS) is 35.4. The summed E-state index contributed by atoms with van der Waals surface area (Å²) < 4.78 is 0. The minimum Gasteiger partial charge on any atom is -0.342 e. The summed E-state index contributed by atoms with van der Waals surface area (Å²) in [5.41, 5.74) is 6.17. The second-order valence-corrected chi connectivity index (χ2v) is 5.84. The topological polar surface area (TPSA) is 46.3 Å². The Morgan fingerprint density at radius 2 is 1.71 bits per heavy atom. The molecule has 1 aliphatic heterocycles. The lowest BCUT2D eigenvalue weighted by Crippen LogP contribution is -2.49. The summed E-state index contributed by atoms with van der Waals surface area (Å²) in [5.74, 6) is 0.892. The van der Waals surface area contributed by atoms with Crippen LogP contribution in [0.5, 0.6) is 0 Å². The van der Waals surface area contributed by atoms with Crippen LogP contribution in [0.15, 0.2) is 0 Å². The van der Waals surface area contributed by atoms with Gasteiger partial charge in [0, 0.05) is 19.1 Å². The highest BCUT2D eigenvalue weighted by Gasteiger charge is 2.36. The first kappa shape index (κ1) is 12.9. The Morgan fingerprint density at radius 3 is 2.29 bits per heavy atom. The van der Waals surface area contributed by atoms with Crippen LogP contribution in [0.2, 0.25) is 0 Å². The summed E-state index contributed by atoms with van der Waals surface area (Å²) in [6.45, 7) is 4.10. The number of nitrogens with two attached hydrogens (primary N) is 1. The van der Waals surface area contributed by atoms with Crippen molar-refractivity contribution in [3.05, 3.63) is 0 Å². The largest absolute Gasteiger partial charge is 0.342 e. The lowest BCUT2D eigenvalue weighted by molar-refractivity contribution is -0.138. The molecule has 3 atom stereocenters. The summed E-state index contributed by atoms with van der Waals surface area (Å²) in [5, 5.41) is 0. The van der Waals surface area contributed by atoms with Crippen molar-refractivity contribution in [2.45, 2.75) is 57.9 Å². The van der Waals surface area contributed by atoms with Gasteiger partial charge >= 0.3 is 0 Å². The molecule has 0 aromatic rings. The van der Waals surface area contributed by atoms with Gasteiger partial charge in [-0.15, -0.1) is 0 Å². The molecule has 1 saturated carbocycles. The molecule has 2 N–H and O–H groups in total. The van der Waals surface area contributed by atoms with Crippen molar-refractivity contribution >= 4 is 5.91 Å². The molecule has 1 heterocycles. The van der Waals surface area contributed by atoms with Crippen molar-refractivity contribution in [3.63, 3.8) is 0 Å². The maximum absolute atomic E-state index is 12.6.